The largest absolute Gasteiger partial charge is 0.356 e. The van der Waals surface area contributed by atoms with Crippen molar-refractivity contribution in [2.24, 2.45) is 17.4 Å². The van der Waals surface area contributed by atoms with E-state index in [1.54, 1.807) is 0 Å². The molecule has 0 aliphatic heterocycles. The highest BCUT2D eigenvalue weighted by Gasteiger charge is 2.23. The highest BCUT2D eigenvalue weighted by atomic mass is 16.2. The number of rotatable bonds is 26. The first-order chi connectivity index (χ1) is 16.6. The molecule has 6 heteroatoms. The van der Waals surface area contributed by atoms with Gasteiger partial charge in [0.15, 0.2) is 5.78 Å². The van der Waals surface area contributed by atoms with Gasteiger partial charge in [-0.1, -0.05) is 103 Å². The highest BCUT2D eigenvalue weighted by Crippen LogP contribution is 2.14. The van der Waals surface area contributed by atoms with Crippen molar-refractivity contribution in [2.45, 2.75) is 141 Å². The Balaban J connectivity index is 3.56. The molecule has 0 aromatic carbocycles. The molecule has 0 aliphatic rings. The lowest BCUT2D eigenvalue weighted by molar-refractivity contribution is -0.129. The predicted octanol–water partition coefficient (Wildman–Crippen LogP) is 5.59. The van der Waals surface area contributed by atoms with Gasteiger partial charge in [0.05, 0.1) is 12.0 Å². The van der Waals surface area contributed by atoms with E-state index in [1.165, 1.54) is 83.5 Å². The molecule has 5 N–H and O–H groups in total. The summed E-state index contributed by atoms with van der Waals surface area (Å²) in [6.45, 7) is 3.17. The van der Waals surface area contributed by atoms with Crippen LogP contribution in [0.4, 0.5) is 0 Å². The lowest BCUT2D eigenvalue weighted by Gasteiger charge is -2.15. The molecule has 0 spiro atoms. The van der Waals surface area contributed by atoms with E-state index < -0.39 is 12.0 Å². The number of carbonyl (C=O) groups is 3. The molecule has 0 radical (unpaired) electrons. The molecule has 200 valence electrons. The van der Waals surface area contributed by atoms with Crippen LogP contribution in [0.25, 0.3) is 0 Å². The van der Waals surface area contributed by atoms with E-state index in [9.17, 15) is 14.4 Å². The van der Waals surface area contributed by atoms with Crippen LogP contribution in [0.2, 0.25) is 0 Å². The van der Waals surface area contributed by atoms with Crippen LogP contribution in [0, 0.1) is 5.92 Å². The van der Waals surface area contributed by atoms with Crippen LogP contribution in [0.3, 0.4) is 0 Å². The lowest BCUT2D eigenvalue weighted by atomic mass is 9.93. The molecular weight excluding hydrogens is 426 g/mol. The number of unbranched alkanes of at least 4 members (excludes halogenated alkanes) is 15. The first-order valence-electron chi connectivity index (χ1n) is 14.3. The van der Waals surface area contributed by atoms with Crippen molar-refractivity contribution < 1.29 is 14.4 Å². The zero-order valence-electron chi connectivity index (χ0n) is 22.2. The molecule has 1 amide bonds. The number of nitrogens with two attached hydrogens (primary N) is 2. The molecule has 0 fully saturated rings. The van der Waals surface area contributed by atoms with Crippen molar-refractivity contribution >= 4 is 18.0 Å². The van der Waals surface area contributed by atoms with E-state index in [1.807, 2.05) is 0 Å². The monoisotopic (exact) mass is 481 g/mol. The van der Waals surface area contributed by atoms with E-state index in [0.29, 0.717) is 38.6 Å². The van der Waals surface area contributed by atoms with E-state index in [-0.39, 0.29) is 11.7 Å². The molecule has 0 aliphatic carbocycles. The second-order valence-corrected chi connectivity index (χ2v) is 9.87. The fraction of sp³-hybridized carbons (Fsp3) is 0.893. The maximum atomic E-state index is 12.3. The van der Waals surface area contributed by atoms with Gasteiger partial charge in [0.1, 0.15) is 6.29 Å². The number of nitrogens with one attached hydrogen (secondary N) is 1. The summed E-state index contributed by atoms with van der Waals surface area (Å²) in [4.78, 5) is 35.6. The molecule has 0 aromatic rings. The Hall–Kier alpha value is -1.27. The van der Waals surface area contributed by atoms with Gasteiger partial charge in [-0.25, -0.2) is 0 Å². The third-order valence-electron chi connectivity index (χ3n) is 6.65. The fourth-order valence-corrected chi connectivity index (χ4v) is 4.32. The zero-order valence-corrected chi connectivity index (χ0v) is 22.2. The van der Waals surface area contributed by atoms with Gasteiger partial charge in [-0.15, -0.1) is 0 Å². The number of amides is 1. The highest BCUT2D eigenvalue weighted by molar-refractivity contribution is 5.96. The van der Waals surface area contributed by atoms with Crippen molar-refractivity contribution in [3.05, 3.63) is 0 Å². The lowest BCUT2D eigenvalue weighted by Crippen LogP contribution is -2.38. The summed E-state index contributed by atoms with van der Waals surface area (Å²) in [7, 11) is 0. The van der Waals surface area contributed by atoms with Gasteiger partial charge >= 0.3 is 0 Å². The Morgan fingerprint density at radius 2 is 1.24 bits per heavy atom. The first kappa shape index (κ1) is 32.7. The number of carbonyl (C=O) groups excluding carboxylic acids is 3. The van der Waals surface area contributed by atoms with Gasteiger partial charge in [-0.2, -0.15) is 0 Å². The predicted molar refractivity (Wildman–Crippen MR) is 143 cm³/mol. The number of aldehydes is 1. The summed E-state index contributed by atoms with van der Waals surface area (Å²) in [6.07, 6.45) is 23.2. The number of Topliss-reactive ketones (excluding diaryl/α,β-unsaturated/α-hetero) is 1. The molecule has 1 unspecified atom stereocenters. The first-order valence-corrected chi connectivity index (χ1v) is 14.3. The Kier molecular flexibility index (Phi) is 23.9. The van der Waals surface area contributed by atoms with Crippen LogP contribution in [0.1, 0.15) is 135 Å². The van der Waals surface area contributed by atoms with Crippen LogP contribution in [-0.2, 0) is 14.4 Å². The van der Waals surface area contributed by atoms with E-state index in [2.05, 4.69) is 12.2 Å². The minimum Gasteiger partial charge on any atom is -0.356 e. The standard InChI is InChI=1S/C28H55N3O3/c1-2-3-4-5-6-7-8-9-10-11-12-13-14-15-16-20-27(33)31-23-21-25(24-32)28(34)26(30)19-17-18-22-29/h24-26H,2-23,29-30H2,1H3,(H,31,33)/t25?,26-/m0/s1. The second kappa shape index (κ2) is 24.8. The molecule has 0 bridgehead atoms. The Morgan fingerprint density at radius 1 is 0.735 bits per heavy atom. The zero-order chi connectivity index (χ0) is 25.3. The normalized spacial score (nSPS) is 12.9. The van der Waals surface area contributed by atoms with Crippen LogP contribution in [0.5, 0.6) is 0 Å². The summed E-state index contributed by atoms with van der Waals surface area (Å²) >= 11 is 0. The molecular formula is C28H55N3O3. The summed E-state index contributed by atoms with van der Waals surface area (Å²) in [6, 6.07) is -0.627. The Bertz CT molecular complexity index is 499. The third-order valence-corrected chi connectivity index (χ3v) is 6.65. The summed E-state index contributed by atoms with van der Waals surface area (Å²) < 4.78 is 0. The van der Waals surface area contributed by atoms with Crippen molar-refractivity contribution in [1.82, 2.24) is 5.32 Å². The molecule has 0 saturated heterocycles. The summed E-state index contributed by atoms with van der Waals surface area (Å²) in [5, 5.41) is 2.84. The van der Waals surface area contributed by atoms with Gasteiger partial charge < -0.3 is 21.6 Å². The third kappa shape index (κ3) is 20.1. The number of hydrogen-bond donors (Lipinski definition) is 3. The Morgan fingerprint density at radius 3 is 1.71 bits per heavy atom. The SMILES string of the molecule is CCCCCCCCCCCCCCCCCC(=O)NCCC(C=O)C(=O)[C@@H](N)CCCCN. The van der Waals surface area contributed by atoms with Crippen molar-refractivity contribution in [3.63, 3.8) is 0 Å². The van der Waals surface area contributed by atoms with Crippen molar-refractivity contribution in [2.75, 3.05) is 13.1 Å². The second-order valence-electron chi connectivity index (χ2n) is 9.87. The smallest absolute Gasteiger partial charge is 0.219 e. The summed E-state index contributed by atoms with van der Waals surface area (Å²) in [5.41, 5.74) is 11.4. The molecule has 0 heterocycles. The molecule has 0 saturated carbocycles. The average molecular weight is 482 g/mol. The maximum absolute atomic E-state index is 12.3. The minimum atomic E-state index is -0.737. The Labute approximate surface area is 209 Å². The quantitative estimate of drug-likeness (QED) is 0.0845. The van der Waals surface area contributed by atoms with Gasteiger partial charge in [0, 0.05) is 13.0 Å². The van der Waals surface area contributed by atoms with E-state index >= 15 is 0 Å². The van der Waals surface area contributed by atoms with Crippen molar-refractivity contribution in [3.8, 4) is 0 Å². The van der Waals surface area contributed by atoms with Gasteiger partial charge in [0.2, 0.25) is 5.91 Å². The van der Waals surface area contributed by atoms with E-state index in [0.717, 1.165) is 25.7 Å². The molecule has 0 rings (SSSR count). The molecule has 34 heavy (non-hydrogen) atoms. The molecule has 0 aromatic heterocycles. The van der Waals surface area contributed by atoms with Crippen molar-refractivity contribution in [1.29, 1.82) is 0 Å². The van der Waals surface area contributed by atoms with Crippen LogP contribution < -0.4 is 16.8 Å². The molecule has 2 atom stereocenters. The van der Waals surface area contributed by atoms with Crippen LogP contribution in [0.15, 0.2) is 0 Å². The van der Waals surface area contributed by atoms with Crippen LogP contribution >= 0.6 is 0 Å². The van der Waals surface area contributed by atoms with Gasteiger partial charge in [-0.3, -0.25) is 9.59 Å². The average Bonchev–Trinajstić information content (AvgIpc) is 2.84. The summed E-state index contributed by atoms with van der Waals surface area (Å²) in [5.74, 6) is -0.971. The van der Waals surface area contributed by atoms with Gasteiger partial charge in [0.25, 0.3) is 0 Å². The number of hydrogen-bond acceptors (Lipinski definition) is 5. The fourth-order valence-electron chi connectivity index (χ4n) is 4.32. The maximum Gasteiger partial charge on any atom is 0.219 e. The van der Waals surface area contributed by atoms with Crippen LogP contribution in [-0.4, -0.2) is 37.1 Å². The van der Waals surface area contributed by atoms with E-state index in [4.69, 9.17) is 11.5 Å². The molecule has 6 nitrogen and oxygen atoms in total. The van der Waals surface area contributed by atoms with Gasteiger partial charge in [-0.05, 0) is 32.2 Å². The number of ketones is 1. The topological polar surface area (TPSA) is 115 Å². The minimum absolute atomic E-state index is 0.000892.